The second kappa shape index (κ2) is 9.57. The van der Waals surface area contributed by atoms with E-state index in [-0.39, 0.29) is 17.9 Å². The summed E-state index contributed by atoms with van der Waals surface area (Å²) in [7, 11) is 0. The zero-order chi connectivity index (χ0) is 23.8. The quantitative estimate of drug-likeness (QED) is 0.485. The van der Waals surface area contributed by atoms with E-state index in [2.05, 4.69) is 20.1 Å². The van der Waals surface area contributed by atoms with Crippen LogP contribution in [0.1, 0.15) is 54.4 Å². The molecule has 0 amide bonds. The lowest BCUT2D eigenvalue weighted by Crippen LogP contribution is -2.58. The van der Waals surface area contributed by atoms with E-state index in [1.807, 2.05) is 26.8 Å². The second-order valence-electron chi connectivity index (χ2n) is 9.75. The first-order valence-electron chi connectivity index (χ1n) is 10.9. The van der Waals surface area contributed by atoms with Gasteiger partial charge in [0, 0.05) is 11.8 Å². The van der Waals surface area contributed by atoms with Gasteiger partial charge in [-0.1, -0.05) is 26.0 Å². The Bertz CT molecular complexity index is 639. The summed E-state index contributed by atoms with van der Waals surface area (Å²) in [6.07, 6.45) is -0.331. The molecule has 8 nitrogen and oxygen atoms in total. The number of rotatable bonds is 4. The maximum Gasteiger partial charge on any atom is 0.184 e. The van der Waals surface area contributed by atoms with Crippen molar-refractivity contribution in [2.24, 2.45) is 11.8 Å². The minimum atomic E-state index is -1.33. The molecule has 0 aromatic rings. The van der Waals surface area contributed by atoms with Gasteiger partial charge >= 0.3 is 0 Å². The third kappa shape index (κ3) is 5.39. The molecule has 31 heavy (non-hydrogen) atoms. The lowest BCUT2D eigenvalue weighted by atomic mass is 9.79. The van der Waals surface area contributed by atoms with Crippen LogP contribution in [0.3, 0.4) is 0 Å². The first-order valence-corrected chi connectivity index (χ1v) is 10.9. The van der Waals surface area contributed by atoms with Crippen molar-refractivity contribution < 1.29 is 39.4 Å². The van der Waals surface area contributed by atoms with Gasteiger partial charge < -0.3 is 39.4 Å². The second-order valence-corrected chi connectivity index (χ2v) is 9.75. The summed E-state index contributed by atoms with van der Waals surface area (Å²) in [6.45, 7) is 18.7. The van der Waals surface area contributed by atoms with E-state index >= 15 is 0 Å². The lowest BCUT2D eigenvalue weighted by Gasteiger charge is -2.46. The zero-order valence-electron chi connectivity index (χ0n) is 19.5. The molecule has 3 fully saturated rings. The molecule has 0 spiro atoms. The van der Waals surface area contributed by atoms with Gasteiger partial charge in [-0.25, -0.2) is 0 Å². The van der Waals surface area contributed by atoms with E-state index in [0.717, 1.165) is 0 Å². The first kappa shape index (κ1) is 26.4. The van der Waals surface area contributed by atoms with Crippen molar-refractivity contribution in [3.63, 3.8) is 0 Å². The van der Waals surface area contributed by atoms with Gasteiger partial charge in [-0.2, -0.15) is 0 Å². The molecule has 180 valence electrons. The van der Waals surface area contributed by atoms with Gasteiger partial charge in [-0.15, -0.1) is 13.2 Å². The molecule has 3 rings (SSSR count). The van der Waals surface area contributed by atoms with E-state index in [4.69, 9.17) is 18.9 Å². The van der Waals surface area contributed by atoms with Crippen LogP contribution in [0.25, 0.3) is 0 Å². The fourth-order valence-corrected chi connectivity index (χ4v) is 4.54. The van der Waals surface area contributed by atoms with Gasteiger partial charge in [0.2, 0.25) is 0 Å². The number of aliphatic hydroxyl groups is 4. The molecule has 2 unspecified atom stereocenters. The van der Waals surface area contributed by atoms with E-state index in [9.17, 15) is 20.4 Å². The molecular weight excluding hydrogens is 404 g/mol. The molecule has 10 atom stereocenters. The summed E-state index contributed by atoms with van der Waals surface area (Å²) in [5, 5.41) is 38.4. The van der Waals surface area contributed by atoms with Crippen LogP contribution in [0, 0.1) is 11.8 Å². The first-order chi connectivity index (χ1) is 14.2. The molecule has 8 heteroatoms. The van der Waals surface area contributed by atoms with Crippen LogP contribution in [0.15, 0.2) is 25.3 Å². The number of hydrogen-bond acceptors (Lipinski definition) is 8. The zero-order valence-corrected chi connectivity index (χ0v) is 19.5. The monoisotopic (exact) mass is 444 g/mol. The molecule has 4 N–H and O–H groups in total. The van der Waals surface area contributed by atoms with Crippen LogP contribution < -0.4 is 0 Å². The lowest BCUT2D eigenvalue weighted by molar-refractivity contribution is -0.298. The van der Waals surface area contributed by atoms with Gasteiger partial charge in [0.05, 0.1) is 23.4 Å². The Morgan fingerprint density at radius 3 is 1.65 bits per heavy atom. The van der Waals surface area contributed by atoms with Crippen LogP contribution in [-0.2, 0) is 18.9 Å². The average molecular weight is 445 g/mol. The van der Waals surface area contributed by atoms with Crippen molar-refractivity contribution in [2.45, 2.75) is 108 Å². The Morgan fingerprint density at radius 2 is 1.13 bits per heavy atom. The standard InChI is InChI=1S/C13H22O4.C10H18O4/c1-6-7-13(5)8(2)9-10(11(14)17-13)16-12(3,4)15-9;1-4-5-10(3)6(2)7(11)8(12)9(13)14-10/h6,8-11,14H,1,7H2,2-5H3;4,6-9,11-13H,1,5H2,2-3H3/t8-,9-,10-,11?,13+;6-,7-,8-,9?,10+/m11/s1. The highest BCUT2D eigenvalue weighted by Gasteiger charge is 2.56. The van der Waals surface area contributed by atoms with Crippen LogP contribution in [0.2, 0.25) is 0 Å². The minimum absolute atomic E-state index is 0.135. The van der Waals surface area contributed by atoms with Gasteiger partial charge in [0.1, 0.15) is 12.2 Å². The SMILES string of the molecule is C=CC[C@]1(C)OC(O)[C@@H]2OC(C)(C)O[C@@H]2[C@H]1C.C=CC[C@]1(C)OC(O)[C@H](O)[C@H](O)[C@H]1C. The molecule has 0 radical (unpaired) electrons. The van der Waals surface area contributed by atoms with Crippen molar-refractivity contribution >= 4 is 0 Å². The summed E-state index contributed by atoms with van der Waals surface area (Å²) < 4.78 is 22.6. The summed E-state index contributed by atoms with van der Waals surface area (Å²) in [5.74, 6) is -0.775. The van der Waals surface area contributed by atoms with E-state index in [1.54, 1.807) is 19.9 Å². The molecule has 3 heterocycles. The van der Waals surface area contributed by atoms with Crippen LogP contribution in [0.5, 0.6) is 0 Å². The summed E-state index contributed by atoms with van der Waals surface area (Å²) in [4.78, 5) is 0. The smallest absolute Gasteiger partial charge is 0.184 e. The normalized spacial score (nSPS) is 48.8. The maximum absolute atomic E-state index is 10.0. The molecule has 3 aliphatic rings. The van der Waals surface area contributed by atoms with Gasteiger partial charge in [0.15, 0.2) is 18.4 Å². The highest BCUT2D eigenvalue weighted by Crippen LogP contribution is 2.45. The van der Waals surface area contributed by atoms with Crippen molar-refractivity contribution in [3.8, 4) is 0 Å². The molecule has 3 aliphatic heterocycles. The van der Waals surface area contributed by atoms with Crippen molar-refractivity contribution in [2.75, 3.05) is 0 Å². The highest BCUT2D eigenvalue weighted by atomic mass is 16.8. The fourth-order valence-electron chi connectivity index (χ4n) is 4.54. The molecule has 0 aromatic heterocycles. The van der Waals surface area contributed by atoms with Crippen molar-refractivity contribution in [3.05, 3.63) is 25.3 Å². The topological polar surface area (TPSA) is 118 Å². The number of aliphatic hydroxyl groups excluding tert-OH is 4. The molecule has 0 aromatic carbocycles. The van der Waals surface area contributed by atoms with Crippen molar-refractivity contribution in [1.29, 1.82) is 0 Å². The number of fused-ring (bicyclic) bond motifs is 1. The Labute approximate surface area is 185 Å². The Kier molecular flexibility index (Phi) is 8.15. The predicted octanol–water partition coefficient (Wildman–Crippen LogP) is 1.85. The molecule has 0 saturated carbocycles. The Balaban J connectivity index is 0.000000225. The average Bonchev–Trinajstić information content (AvgIpc) is 3.00. The fraction of sp³-hybridized carbons (Fsp3) is 0.826. The summed E-state index contributed by atoms with van der Waals surface area (Å²) in [5.41, 5.74) is -1.12. The third-order valence-corrected chi connectivity index (χ3v) is 6.90. The van der Waals surface area contributed by atoms with Crippen molar-refractivity contribution in [1.82, 2.24) is 0 Å². The van der Waals surface area contributed by atoms with Gasteiger partial charge in [-0.3, -0.25) is 0 Å². The van der Waals surface area contributed by atoms with E-state index in [1.165, 1.54) is 0 Å². The van der Waals surface area contributed by atoms with Gasteiger partial charge in [-0.05, 0) is 40.5 Å². The van der Waals surface area contributed by atoms with Crippen LogP contribution >= 0.6 is 0 Å². The molecule has 0 aliphatic carbocycles. The largest absolute Gasteiger partial charge is 0.390 e. The summed E-state index contributed by atoms with van der Waals surface area (Å²) in [6, 6.07) is 0. The highest BCUT2D eigenvalue weighted by molar-refractivity contribution is 5.02. The minimum Gasteiger partial charge on any atom is -0.390 e. The van der Waals surface area contributed by atoms with Crippen LogP contribution in [0.4, 0.5) is 0 Å². The van der Waals surface area contributed by atoms with Gasteiger partial charge in [0.25, 0.3) is 0 Å². The number of hydrogen-bond donors (Lipinski definition) is 4. The Hall–Kier alpha value is -0.840. The van der Waals surface area contributed by atoms with Crippen LogP contribution in [-0.4, -0.2) is 74.4 Å². The number of ether oxygens (including phenoxy) is 4. The molecule has 3 saturated heterocycles. The third-order valence-electron chi connectivity index (χ3n) is 6.90. The molecular formula is C23H40O8. The predicted molar refractivity (Wildman–Crippen MR) is 115 cm³/mol. The summed E-state index contributed by atoms with van der Waals surface area (Å²) >= 11 is 0. The Morgan fingerprint density at radius 1 is 0.677 bits per heavy atom. The van der Waals surface area contributed by atoms with E-state index < -0.39 is 47.9 Å². The maximum atomic E-state index is 10.0. The molecule has 0 bridgehead atoms. The van der Waals surface area contributed by atoms with E-state index in [0.29, 0.717) is 12.8 Å².